The summed E-state index contributed by atoms with van der Waals surface area (Å²) in [5.74, 6) is -0.516. The predicted octanol–water partition coefficient (Wildman–Crippen LogP) is 5.15. The van der Waals surface area contributed by atoms with Gasteiger partial charge in [-0.3, -0.25) is 4.79 Å². The number of hydrogen-bond acceptors (Lipinski definition) is 5. The Hall–Kier alpha value is -3.42. The second-order valence-electron chi connectivity index (χ2n) is 8.01. The van der Waals surface area contributed by atoms with Gasteiger partial charge < -0.3 is 19.7 Å². The highest BCUT2D eigenvalue weighted by Crippen LogP contribution is 2.36. The molecule has 1 fully saturated rings. The van der Waals surface area contributed by atoms with Crippen LogP contribution >= 0.6 is 0 Å². The van der Waals surface area contributed by atoms with Crippen LogP contribution in [-0.2, 0) is 0 Å². The molecule has 8 heteroatoms. The third kappa shape index (κ3) is 4.30. The summed E-state index contributed by atoms with van der Waals surface area (Å²) in [4.78, 5) is 19.6. The van der Waals surface area contributed by atoms with Crippen LogP contribution in [0.2, 0.25) is 0 Å². The van der Waals surface area contributed by atoms with Crippen molar-refractivity contribution in [3.05, 3.63) is 53.7 Å². The molecule has 0 saturated carbocycles. The van der Waals surface area contributed by atoms with E-state index in [2.05, 4.69) is 17.2 Å². The summed E-state index contributed by atoms with van der Waals surface area (Å²) in [6, 6.07) is 8.61. The standard InChI is InChI=1S/C24H25F2N3O3/c1-14-6-8-29(9-7-14)24(30)21-12-19(27-15-4-5-17(25)18(26)10-15)16-11-22(31-2)23(32-3)13-20(16)28-21/h4-5,10-14H,6-9H2,1-3H3,(H,27,28). The SMILES string of the molecule is COc1cc2nc(C(=O)N3CCC(C)CC3)cc(Nc3ccc(F)c(F)c3)c2cc1OC. The van der Waals surface area contributed by atoms with Crippen molar-refractivity contribution in [1.29, 1.82) is 0 Å². The molecule has 4 rings (SSSR count). The first-order chi connectivity index (χ1) is 15.4. The third-order valence-electron chi connectivity index (χ3n) is 5.80. The Morgan fingerprint density at radius 3 is 2.38 bits per heavy atom. The lowest BCUT2D eigenvalue weighted by Gasteiger charge is -2.30. The van der Waals surface area contributed by atoms with E-state index in [1.54, 1.807) is 23.1 Å². The number of carbonyl (C=O) groups is 1. The second kappa shape index (κ2) is 8.98. The van der Waals surface area contributed by atoms with Crippen molar-refractivity contribution in [2.75, 3.05) is 32.6 Å². The normalized spacial score (nSPS) is 14.5. The summed E-state index contributed by atoms with van der Waals surface area (Å²) >= 11 is 0. The van der Waals surface area contributed by atoms with Crippen molar-refractivity contribution in [3.63, 3.8) is 0 Å². The maximum Gasteiger partial charge on any atom is 0.272 e. The molecule has 2 aromatic carbocycles. The van der Waals surface area contributed by atoms with E-state index in [-0.39, 0.29) is 11.6 Å². The fourth-order valence-corrected chi connectivity index (χ4v) is 3.87. The van der Waals surface area contributed by atoms with Crippen molar-refractivity contribution in [3.8, 4) is 11.5 Å². The molecule has 1 aliphatic heterocycles. The molecule has 1 amide bonds. The lowest BCUT2D eigenvalue weighted by molar-refractivity contribution is 0.0691. The van der Waals surface area contributed by atoms with Crippen molar-refractivity contribution < 1.29 is 23.0 Å². The lowest BCUT2D eigenvalue weighted by Crippen LogP contribution is -2.38. The zero-order chi connectivity index (χ0) is 22.8. The number of nitrogens with zero attached hydrogens (tertiary/aromatic N) is 2. The second-order valence-corrected chi connectivity index (χ2v) is 8.01. The number of rotatable bonds is 5. The minimum Gasteiger partial charge on any atom is -0.493 e. The number of halogens is 2. The number of aromatic nitrogens is 1. The number of benzene rings is 2. The first-order valence-electron chi connectivity index (χ1n) is 10.5. The lowest BCUT2D eigenvalue weighted by atomic mass is 9.99. The van der Waals surface area contributed by atoms with Crippen LogP contribution in [0.3, 0.4) is 0 Å². The van der Waals surface area contributed by atoms with Crippen LogP contribution in [-0.4, -0.2) is 43.1 Å². The van der Waals surface area contributed by atoms with Crippen LogP contribution < -0.4 is 14.8 Å². The molecule has 1 saturated heterocycles. The van der Waals surface area contributed by atoms with E-state index in [1.807, 2.05) is 0 Å². The monoisotopic (exact) mass is 441 g/mol. The molecule has 0 bridgehead atoms. The summed E-state index contributed by atoms with van der Waals surface area (Å²) in [5.41, 5.74) is 1.65. The number of piperidine rings is 1. The molecule has 3 aromatic rings. The van der Waals surface area contributed by atoms with Gasteiger partial charge in [0.05, 0.1) is 25.4 Å². The minimum absolute atomic E-state index is 0.165. The number of pyridine rings is 1. The van der Waals surface area contributed by atoms with Crippen molar-refractivity contribution >= 4 is 28.2 Å². The van der Waals surface area contributed by atoms with E-state index in [4.69, 9.17) is 9.47 Å². The van der Waals surface area contributed by atoms with Gasteiger partial charge in [-0.05, 0) is 43.0 Å². The Labute approximate surface area is 185 Å². The van der Waals surface area contributed by atoms with Gasteiger partial charge in [0.2, 0.25) is 0 Å². The fourth-order valence-electron chi connectivity index (χ4n) is 3.87. The summed E-state index contributed by atoms with van der Waals surface area (Å²) in [7, 11) is 3.04. The smallest absolute Gasteiger partial charge is 0.272 e. The number of carbonyl (C=O) groups excluding carboxylic acids is 1. The molecule has 1 aromatic heterocycles. The van der Waals surface area contributed by atoms with Crippen LogP contribution in [0.4, 0.5) is 20.2 Å². The Morgan fingerprint density at radius 2 is 1.72 bits per heavy atom. The van der Waals surface area contributed by atoms with E-state index in [0.29, 0.717) is 52.8 Å². The number of methoxy groups -OCH3 is 2. The molecule has 0 spiro atoms. The van der Waals surface area contributed by atoms with E-state index in [0.717, 1.165) is 25.0 Å². The molecule has 1 aliphatic rings. The molecular formula is C24H25F2N3O3. The first kappa shape index (κ1) is 21.8. The van der Waals surface area contributed by atoms with Crippen LogP contribution in [0.15, 0.2) is 36.4 Å². The van der Waals surface area contributed by atoms with E-state index < -0.39 is 11.6 Å². The Morgan fingerprint density at radius 1 is 1.03 bits per heavy atom. The van der Waals surface area contributed by atoms with Gasteiger partial charge >= 0.3 is 0 Å². The minimum atomic E-state index is -0.966. The van der Waals surface area contributed by atoms with Gasteiger partial charge in [0.15, 0.2) is 23.1 Å². The van der Waals surface area contributed by atoms with E-state index in [1.165, 1.54) is 20.3 Å². The van der Waals surface area contributed by atoms with E-state index in [9.17, 15) is 13.6 Å². The number of ether oxygens (including phenoxy) is 2. The molecule has 0 aliphatic carbocycles. The average molecular weight is 441 g/mol. The average Bonchev–Trinajstić information content (AvgIpc) is 2.80. The van der Waals surface area contributed by atoms with Crippen LogP contribution in [0.1, 0.15) is 30.3 Å². The van der Waals surface area contributed by atoms with E-state index >= 15 is 0 Å². The van der Waals surface area contributed by atoms with Gasteiger partial charge in [-0.15, -0.1) is 0 Å². The zero-order valence-electron chi connectivity index (χ0n) is 18.2. The summed E-state index contributed by atoms with van der Waals surface area (Å²) < 4.78 is 37.9. The van der Waals surface area contributed by atoms with Gasteiger partial charge in [-0.25, -0.2) is 13.8 Å². The topological polar surface area (TPSA) is 63.7 Å². The van der Waals surface area contributed by atoms with Gasteiger partial charge in [-0.2, -0.15) is 0 Å². The fraction of sp³-hybridized carbons (Fsp3) is 0.333. The van der Waals surface area contributed by atoms with Gasteiger partial charge in [0.1, 0.15) is 5.69 Å². The van der Waals surface area contributed by atoms with Crippen LogP contribution in [0, 0.1) is 17.6 Å². The molecule has 6 nitrogen and oxygen atoms in total. The van der Waals surface area contributed by atoms with Gasteiger partial charge in [-0.1, -0.05) is 6.92 Å². The maximum absolute atomic E-state index is 13.8. The van der Waals surface area contributed by atoms with Crippen LogP contribution in [0.5, 0.6) is 11.5 Å². The highest BCUT2D eigenvalue weighted by atomic mass is 19.2. The number of nitrogens with one attached hydrogen (secondary N) is 1. The van der Waals surface area contributed by atoms with Crippen LogP contribution in [0.25, 0.3) is 10.9 Å². The maximum atomic E-state index is 13.8. The Balaban J connectivity index is 1.80. The third-order valence-corrected chi connectivity index (χ3v) is 5.80. The highest BCUT2D eigenvalue weighted by molar-refractivity contribution is 6.01. The molecule has 0 radical (unpaired) electrons. The predicted molar refractivity (Wildman–Crippen MR) is 119 cm³/mol. The summed E-state index contributed by atoms with van der Waals surface area (Å²) in [6.07, 6.45) is 1.90. The molecule has 0 unspecified atom stereocenters. The zero-order valence-corrected chi connectivity index (χ0v) is 18.2. The molecule has 1 N–H and O–H groups in total. The summed E-state index contributed by atoms with van der Waals surface area (Å²) in [6.45, 7) is 3.54. The quantitative estimate of drug-likeness (QED) is 0.594. The number of hydrogen-bond donors (Lipinski definition) is 1. The van der Waals surface area contributed by atoms with Gasteiger partial charge in [0.25, 0.3) is 5.91 Å². The number of likely N-dealkylation sites (tertiary alicyclic amines) is 1. The first-order valence-corrected chi connectivity index (χ1v) is 10.5. The van der Waals surface area contributed by atoms with Crippen molar-refractivity contribution in [1.82, 2.24) is 9.88 Å². The van der Waals surface area contributed by atoms with Crippen molar-refractivity contribution in [2.45, 2.75) is 19.8 Å². The largest absolute Gasteiger partial charge is 0.493 e. The van der Waals surface area contributed by atoms with Gasteiger partial charge in [0, 0.05) is 36.3 Å². The number of amides is 1. The molecule has 0 atom stereocenters. The Bertz CT molecular complexity index is 1160. The van der Waals surface area contributed by atoms with Crippen molar-refractivity contribution in [2.24, 2.45) is 5.92 Å². The number of anilines is 2. The summed E-state index contributed by atoms with van der Waals surface area (Å²) in [5, 5.41) is 3.74. The molecule has 2 heterocycles. The molecule has 32 heavy (non-hydrogen) atoms. The number of fused-ring (bicyclic) bond motifs is 1. The molecule has 168 valence electrons. The highest BCUT2D eigenvalue weighted by Gasteiger charge is 2.24. The molecular weight excluding hydrogens is 416 g/mol. The Kier molecular flexibility index (Phi) is 6.12.